The Morgan fingerprint density at radius 1 is 1.41 bits per heavy atom. The fraction of sp³-hybridized carbons (Fsp3) is 0.500. The summed E-state index contributed by atoms with van der Waals surface area (Å²) in [7, 11) is 0. The highest BCUT2D eigenvalue weighted by molar-refractivity contribution is 5.92. The van der Waals surface area contributed by atoms with Gasteiger partial charge in [-0.15, -0.1) is 0 Å². The van der Waals surface area contributed by atoms with E-state index in [2.05, 4.69) is 30.9 Å². The lowest BCUT2D eigenvalue weighted by molar-refractivity contribution is 0.0632. The van der Waals surface area contributed by atoms with Gasteiger partial charge in [0.1, 0.15) is 0 Å². The van der Waals surface area contributed by atoms with Gasteiger partial charge < -0.3 is 14.2 Å². The van der Waals surface area contributed by atoms with Gasteiger partial charge in [0.25, 0.3) is 5.91 Å². The summed E-state index contributed by atoms with van der Waals surface area (Å²) >= 11 is 0. The van der Waals surface area contributed by atoms with E-state index in [4.69, 9.17) is 4.42 Å². The van der Waals surface area contributed by atoms with Gasteiger partial charge in [0.15, 0.2) is 5.76 Å². The third kappa shape index (κ3) is 2.09. The van der Waals surface area contributed by atoms with Crippen molar-refractivity contribution >= 4 is 5.91 Å². The van der Waals surface area contributed by atoms with Crippen molar-refractivity contribution in [3.05, 3.63) is 47.6 Å². The Morgan fingerprint density at radius 3 is 2.91 bits per heavy atom. The largest absolute Gasteiger partial charge is 0.459 e. The molecule has 4 nitrogen and oxygen atoms in total. The lowest BCUT2D eigenvalue weighted by atomic mass is 9.94. The lowest BCUT2D eigenvalue weighted by Gasteiger charge is -2.44. The Kier molecular flexibility index (Phi) is 2.96. The maximum absolute atomic E-state index is 12.7. The molecule has 4 rings (SSSR count). The Hall–Kier alpha value is -1.97. The normalized spacial score (nSPS) is 26.2. The first-order valence-corrected chi connectivity index (χ1v) is 8.09. The molecule has 22 heavy (non-hydrogen) atoms. The first-order valence-electron chi connectivity index (χ1n) is 8.09. The van der Waals surface area contributed by atoms with Crippen molar-refractivity contribution in [1.82, 2.24) is 9.80 Å². The van der Waals surface area contributed by atoms with Gasteiger partial charge in [0.2, 0.25) is 0 Å². The maximum Gasteiger partial charge on any atom is 0.290 e. The zero-order valence-electron chi connectivity index (χ0n) is 13.2. The maximum atomic E-state index is 12.7. The van der Waals surface area contributed by atoms with Crippen LogP contribution in [-0.2, 0) is 0 Å². The quantitative estimate of drug-likeness (QED) is 0.841. The van der Waals surface area contributed by atoms with E-state index < -0.39 is 0 Å². The highest BCUT2D eigenvalue weighted by Crippen LogP contribution is 2.46. The Labute approximate surface area is 131 Å². The number of amides is 1. The van der Waals surface area contributed by atoms with Gasteiger partial charge in [-0.2, -0.15) is 0 Å². The summed E-state index contributed by atoms with van der Waals surface area (Å²) in [6.45, 7) is 6.10. The summed E-state index contributed by atoms with van der Waals surface area (Å²) in [6, 6.07) is 3.72. The molecule has 1 fully saturated rings. The van der Waals surface area contributed by atoms with E-state index >= 15 is 0 Å². The van der Waals surface area contributed by atoms with Crippen LogP contribution in [0, 0.1) is 0 Å². The van der Waals surface area contributed by atoms with Crippen LogP contribution < -0.4 is 0 Å². The van der Waals surface area contributed by atoms with E-state index in [1.807, 2.05) is 4.90 Å². The predicted molar refractivity (Wildman–Crippen MR) is 84.3 cm³/mol. The monoisotopic (exact) mass is 298 g/mol. The number of hydrogen-bond acceptors (Lipinski definition) is 3. The summed E-state index contributed by atoms with van der Waals surface area (Å²) in [5.74, 6) is 0.436. The molecular weight excluding hydrogens is 276 g/mol. The minimum Gasteiger partial charge on any atom is -0.459 e. The van der Waals surface area contributed by atoms with Crippen LogP contribution in [0.1, 0.15) is 43.7 Å². The average Bonchev–Trinajstić information content (AvgIpc) is 3.03. The van der Waals surface area contributed by atoms with Crippen LogP contribution in [0.3, 0.4) is 0 Å². The van der Waals surface area contributed by atoms with Crippen LogP contribution in [-0.4, -0.2) is 40.4 Å². The van der Waals surface area contributed by atoms with Crippen molar-refractivity contribution in [2.75, 3.05) is 13.1 Å². The van der Waals surface area contributed by atoms with Crippen molar-refractivity contribution in [1.29, 1.82) is 0 Å². The van der Waals surface area contributed by atoms with Crippen molar-refractivity contribution in [3.63, 3.8) is 0 Å². The fourth-order valence-electron chi connectivity index (χ4n) is 3.61. The van der Waals surface area contributed by atoms with E-state index in [9.17, 15) is 4.79 Å². The summed E-state index contributed by atoms with van der Waals surface area (Å²) in [6.07, 6.45) is 9.50. The van der Waals surface area contributed by atoms with Crippen molar-refractivity contribution in [3.8, 4) is 0 Å². The molecule has 0 bridgehead atoms. The van der Waals surface area contributed by atoms with Crippen molar-refractivity contribution < 1.29 is 9.21 Å². The SMILES string of the molecule is CC1CC2=C(CN1C(=O)c1ccco1)N(C1(C)CC1)CC=C2. The van der Waals surface area contributed by atoms with Gasteiger partial charge in [0.05, 0.1) is 12.8 Å². The molecular formula is C18H22N2O2. The van der Waals surface area contributed by atoms with Crippen LogP contribution in [0.2, 0.25) is 0 Å². The molecule has 4 heteroatoms. The fourth-order valence-corrected chi connectivity index (χ4v) is 3.61. The van der Waals surface area contributed by atoms with Crippen molar-refractivity contribution in [2.45, 2.75) is 44.7 Å². The second-order valence-corrected chi connectivity index (χ2v) is 6.95. The minimum atomic E-state index is -0.000460. The number of nitrogens with zero attached hydrogens (tertiary/aromatic N) is 2. The van der Waals surface area contributed by atoms with Crippen LogP contribution in [0.5, 0.6) is 0 Å². The molecule has 1 aromatic heterocycles. The van der Waals surface area contributed by atoms with Gasteiger partial charge in [-0.3, -0.25) is 4.79 Å². The van der Waals surface area contributed by atoms with E-state index in [1.165, 1.54) is 24.1 Å². The van der Waals surface area contributed by atoms with Crippen molar-refractivity contribution in [2.24, 2.45) is 0 Å². The van der Waals surface area contributed by atoms with Gasteiger partial charge in [-0.25, -0.2) is 0 Å². The van der Waals surface area contributed by atoms with Crippen LogP contribution in [0.4, 0.5) is 0 Å². The molecule has 2 aliphatic heterocycles. The number of furan rings is 1. The van der Waals surface area contributed by atoms with Gasteiger partial charge in [-0.05, 0) is 50.8 Å². The molecule has 1 amide bonds. The highest BCUT2D eigenvalue weighted by Gasteiger charge is 2.46. The second kappa shape index (κ2) is 4.77. The van der Waals surface area contributed by atoms with Gasteiger partial charge in [-0.1, -0.05) is 12.2 Å². The van der Waals surface area contributed by atoms with E-state index in [0.717, 1.165) is 13.0 Å². The summed E-state index contributed by atoms with van der Waals surface area (Å²) in [5, 5.41) is 0. The molecule has 1 unspecified atom stereocenters. The third-order valence-electron chi connectivity index (χ3n) is 5.29. The molecule has 3 aliphatic rings. The standard InChI is InChI=1S/C18H22N2O2/c1-13-11-14-5-3-9-20(18(2)7-8-18)15(14)12-19(13)17(21)16-6-4-10-22-16/h3-6,10,13H,7-9,11-12H2,1-2H3. The first-order chi connectivity index (χ1) is 10.6. The smallest absolute Gasteiger partial charge is 0.290 e. The number of rotatable bonds is 2. The zero-order chi connectivity index (χ0) is 15.3. The van der Waals surface area contributed by atoms with Gasteiger partial charge >= 0.3 is 0 Å². The Morgan fingerprint density at radius 2 is 2.23 bits per heavy atom. The molecule has 0 spiro atoms. The average molecular weight is 298 g/mol. The molecule has 1 saturated carbocycles. The Bertz CT molecular complexity index is 653. The third-order valence-corrected chi connectivity index (χ3v) is 5.29. The first kappa shape index (κ1) is 13.7. The number of hydrogen-bond donors (Lipinski definition) is 0. The molecule has 0 radical (unpaired) electrons. The predicted octanol–water partition coefficient (Wildman–Crippen LogP) is 3.19. The Balaban J connectivity index is 1.64. The lowest BCUT2D eigenvalue weighted by Crippen LogP contribution is -2.49. The van der Waals surface area contributed by atoms with Crippen LogP contribution in [0.25, 0.3) is 0 Å². The molecule has 0 N–H and O–H groups in total. The van der Waals surface area contributed by atoms with Crippen LogP contribution in [0.15, 0.2) is 46.2 Å². The molecule has 1 aliphatic carbocycles. The molecule has 3 heterocycles. The number of allylic oxidation sites excluding steroid dienone is 1. The molecule has 1 aromatic rings. The summed E-state index contributed by atoms with van der Waals surface area (Å²) in [5.41, 5.74) is 3.03. The van der Waals surface area contributed by atoms with Gasteiger partial charge in [0, 0.05) is 23.8 Å². The second-order valence-electron chi connectivity index (χ2n) is 6.95. The highest BCUT2D eigenvalue weighted by atomic mass is 16.3. The molecule has 1 atom stereocenters. The zero-order valence-corrected chi connectivity index (χ0v) is 13.2. The molecule has 116 valence electrons. The van der Waals surface area contributed by atoms with E-state index in [-0.39, 0.29) is 11.9 Å². The summed E-state index contributed by atoms with van der Waals surface area (Å²) < 4.78 is 5.30. The summed E-state index contributed by atoms with van der Waals surface area (Å²) in [4.78, 5) is 17.2. The number of carbonyl (C=O) groups is 1. The van der Waals surface area contributed by atoms with E-state index in [0.29, 0.717) is 17.8 Å². The van der Waals surface area contributed by atoms with E-state index in [1.54, 1.807) is 18.4 Å². The number of carbonyl (C=O) groups excluding carboxylic acids is 1. The topological polar surface area (TPSA) is 36.7 Å². The molecule has 0 saturated heterocycles. The minimum absolute atomic E-state index is 0.000460. The van der Waals surface area contributed by atoms with Crippen LogP contribution >= 0.6 is 0 Å². The molecule has 0 aromatic carbocycles.